The summed E-state index contributed by atoms with van der Waals surface area (Å²) in [5.41, 5.74) is 1.34. The number of hydrogen-bond donors (Lipinski definition) is 0. The van der Waals surface area contributed by atoms with E-state index in [-0.39, 0.29) is 5.97 Å². The third-order valence-corrected chi connectivity index (χ3v) is 2.87. The average Bonchev–Trinajstić information content (AvgIpc) is 2.39. The molecule has 0 radical (unpaired) electrons. The van der Waals surface area contributed by atoms with Crippen LogP contribution in [0.15, 0.2) is 30.3 Å². The molecule has 0 aliphatic carbocycles. The molecule has 17 heavy (non-hydrogen) atoms. The van der Waals surface area contributed by atoms with E-state index in [1.165, 1.54) is 12.7 Å². The molecule has 0 saturated carbocycles. The first kappa shape index (κ1) is 13.7. The van der Waals surface area contributed by atoms with Crippen molar-refractivity contribution in [3.8, 4) is 0 Å². The van der Waals surface area contributed by atoms with Crippen LogP contribution >= 0.6 is 0 Å². The first-order valence-electron chi connectivity index (χ1n) is 6.09. The minimum Gasteiger partial charge on any atom is -0.469 e. The van der Waals surface area contributed by atoms with Crippen molar-refractivity contribution in [3.05, 3.63) is 35.9 Å². The Hall–Kier alpha value is -1.35. The fraction of sp³-hybridized carbons (Fsp3) is 0.500. The van der Waals surface area contributed by atoms with Crippen LogP contribution in [-0.4, -0.2) is 37.6 Å². The van der Waals surface area contributed by atoms with Gasteiger partial charge in [0.15, 0.2) is 0 Å². The Kier molecular flexibility index (Phi) is 6.33. The van der Waals surface area contributed by atoms with Gasteiger partial charge in [0, 0.05) is 13.1 Å². The van der Waals surface area contributed by atoms with Crippen molar-refractivity contribution in [2.45, 2.75) is 19.8 Å². The van der Waals surface area contributed by atoms with Crippen LogP contribution in [0.25, 0.3) is 0 Å². The van der Waals surface area contributed by atoms with Crippen molar-refractivity contribution in [2.75, 3.05) is 26.7 Å². The second-order valence-corrected chi connectivity index (χ2v) is 4.00. The van der Waals surface area contributed by atoms with Gasteiger partial charge in [0.05, 0.1) is 13.5 Å². The maximum atomic E-state index is 11.1. The van der Waals surface area contributed by atoms with E-state index in [0.29, 0.717) is 6.42 Å². The van der Waals surface area contributed by atoms with Crippen molar-refractivity contribution < 1.29 is 9.53 Å². The fourth-order valence-electron chi connectivity index (χ4n) is 1.71. The van der Waals surface area contributed by atoms with E-state index in [0.717, 1.165) is 26.1 Å². The summed E-state index contributed by atoms with van der Waals surface area (Å²) in [4.78, 5) is 13.3. The number of rotatable bonds is 7. The van der Waals surface area contributed by atoms with Crippen LogP contribution in [0.1, 0.15) is 18.9 Å². The van der Waals surface area contributed by atoms with Crippen LogP contribution in [0.3, 0.4) is 0 Å². The first-order valence-corrected chi connectivity index (χ1v) is 6.09. The zero-order chi connectivity index (χ0) is 12.5. The first-order chi connectivity index (χ1) is 8.26. The van der Waals surface area contributed by atoms with Crippen LogP contribution in [0.4, 0.5) is 0 Å². The minimum absolute atomic E-state index is 0.136. The molecule has 0 saturated heterocycles. The summed E-state index contributed by atoms with van der Waals surface area (Å²) < 4.78 is 4.64. The number of carbonyl (C=O) groups excluding carboxylic acids is 1. The zero-order valence-electron chi connectivity index (χ0n) is 10.7. The monoisotopic (exact) mass is 235 g/mol. The zero-order valence-corrected chi connectivity index (χ0v) is 10.7. The minimum atomic E-state index is -0.136. The topological polar surface area (TPSA) is 29.5 Å². The molecule has 0 aromatic heterocycles. The largest absolute Gasteiger partial charge is 0.469 e. The molecule has 0 atom stereocenters. The number of carbonyl (C=O) groups is 1. The van der Waals surface area contributed by atoms with Crippen LogP contribution in [0.2, 0.25) is 0 Å². The van der Waals surface area contributed by atoms with Gasteiger partial charge < -0.3 is 9.64 Å². The maximum absolute atomic E-state index is 11.1. The van der Waals surface area contributed by atoms with Crippen molar-refractivity contribution in [3.63, 3.8) is 0 Å². The summed E-state index contributed by atoms with van der Waals surface area (Å²) in [5.74, 6) is -0.136. The van der Waals surface area contributed by atoms with Gasteiger partial charge in [0.25, 0.3) is 0 Å². The molecule has 0 heterocycles. The predicted octanol–water partition coefficient (Wildman–Crippen LogP) is 2.11. The van der Waals surface area contributed by atoms with E-state index in [9.17, 15) is 4.79 Å². The number of benzene rings is 1. The van der Waals surface area contributed by atoms with E-state index < -0.39 is 0 Å². The number of hydrogen-bond acceptors (Lipinski definition) is 3. The summed E-state index contributed by atoms with van der Waals surface area (Å²) in [6.45, 7) is 4.83. The van der Waals surface area contributed by atoms with Gasteiger partial charge in [-0.15, -0.1) is 0 Å². The molecule has 0 fully saturated rings. The second kappa shape index (κ2) is 7.85. The number of likely N-dealkylation sites (N-methyl/N-ethyl adjacent to an activating group) is 1. The van der Waals surface area contributed by atoms with Gasteiger partial charge in [-0.05, 0) is 18.5 Å². The average molecular weight is 235 g/mol. The second-order valence-electron chi connectivity index (χ2n) is 4.00. The van der Waals surface area contributed by atoms with E-state index in [2.05, 4.69) is 40.8 Å². The van der Waals surface area contributed by atoms with E-state index >= 15 is 0 Å². The Morgan fingerprint density at radius 1 is 1.24 bits per heavy atom. The molecule has 1 rings (SSSR count). The molecule has 0 aliphatic rings. The normalized spacial score (nSPS) is 10.5. The van der Waals surface area contributed by atoms with Crippen molar-refractivity contribution in [1.29, 1.82) is 0 Å². The highest BCUT2D eigenvalue weighted by molar-refractivity contribution is 5.69. The van der Waals surface area contributed by atoms with Gasteiger partial charge in [0.1, 0.15) is 0 Å². The summed E-state index contributed by atoms with van der Waals surface area (Å²) in [6.07, 6.45) is 1.50. The third kappa shape index (κ3) is 5.50. The molecule has 3 nitrogen and oxygen atoms in total. The van der Waals surface area contributed by atoms with Gasteiger partial charge in [-0.3, -0.25) is 4.79 Å². The van der Waals surface area contributed by atoms with Crippen LogP contribution in [0, 0.1) is 0 Å². The molecule has 0 bridgehead atoms. The lowest BCUT2D eigenvalue weighted by molar-refractivity contribution is -0.140. The van der Waals surface area contributed by atoms with Crippen LogP contribution < -0.4 is 0 Å². The van der Waals surface area contributed by atoms with Gasteiger partial charge in [-0.1, -0.05) is 37.3 Å². The Bertz CT molecular complexity index is 324. The summed E-state index contributed by atoms with van der Waals surface area (Å²) in [6, 6.07) is 10.4. The number of esters is 1. The standard InChI is InChI=1S/C14H21NO2/c1-3-15(12-10-14(16)17-2)11-9-13-7-5-4-6-8-13/h4-8H,3,9-12H2,1-2H3. The highest BCUT2D eigenvalue weighted by atomic mass is 16.5. The van der Waals surface area contributed by atoms with Gasteiger partial charge >= 0.3 is 5.97 Å². The Balaban J connectivity index is 2.30. The summed E-state index contributed by atoms with van der Waals surface area (Å²) in [5, 5.41) is 0. The van der Waals surface area contributed by atoms with E-state index in [1.54, 1.807) is 0 Å². The number of nitrogens with zero attached hydrogens (tertiary/aromatic N) is 1. The molecule has 1 aromatic rings. The van der Waals surface area contributed by atoms with Gasteiger partial charge in [-0.25, -0.2) is 0 Å². The molecule has 94 valence electrons. The van der Waals surface area contributed by atoms with Gasteiger partial charge in [0.2, 0.25) is 0 Å². The van der Waals surface area contributed by atoms with E-state index in [1.807, 2.05) is 6.07 Å². The number of ether oxygens (including phenoxy) is 1. The van der Waals surface area contributed by atoms with Gasteiger partial charge in [-0.2, -0.15) is 0 Å². The quantitative estimate of drug-likeness (QED) is 0.678. The third-order valence-electron chi connectivity index (χ3n) is 2.87. The lowest BCUT2D eigenvalue weighted by Crippen LogP contribution is -2.28. The lowest BCUT2D eigenvalue weighted by Gasteiger charge is -2.19. The Morgan fingerprint density at radius 3 is 2.53 bits per heavy atom. The fourth-order valence-corrected chi connectivity index (χ4v) is 1.71. The van der Waals surface area contributed by atoms with Crippen molar-refractivity contribution in [1.82, 2.24) is 4.90 Å². The maximum Gasteiger partial charge on any atom is 0.306 e. The summed E-state index contributed by atoms with van der Waals surface area (Å²) >= 11 is 0. The molecule has 3 heteroatoms. The molecule has 0 amide bonds. The lowest BCUT2D eigenvalue weighted by atomic mass is 10.1. The molecule has 0 spiro atoms. The number of methoxy groups -OCH3 is 1. The molecular formula is C14H21NO2. The molecule has 0 unspecified atom stereocenters. The smallest absolute Gasteiger partial charge is 0.306 e. The van der Waals surface area contributed by atoms with Crippen LogP contribution in [-0.2, 0) is 16.0 Å². The molecule has 1 aromatic carbocycles. The predicted molar refractivity (Wildman–Crippen MR) is 68.9 cm³/mol. The SMILES string of the molecule is CCN(CCC(=O)OC)CCc1ccccc1. The highest BCUT2D eigenvalue weighted by Crippen LogP contribution is 2.02. The summed E-state index contributed by atoms with van der Waals surface area (Å²) in [7, 11) is 1.43. The Labute approximate surface area is 103 Å². The van der Waals surface area contributed by atoms with Crippen molar-refractivity contribution in [2.24, 2.45) is 0 Å². The Morgan fingerprint density at radius 2 is 1.94 bits per heavy atom. The van der Waals surface area contributed by atoms with Crippen LogP contribution in [0.5, 0.6) is 0 Å². The van der Waals surface area contributed by atoms with E-state index in [4.69, 9.17) is 0 Å². The highest BCUT2D eigenvalue weighted by Gasteiger charge is 2.06. The molecule has 0 N–H and O–H groups in total. The molecular weight excluding hydrogens is 214 g/mol. The van der Waals surface area contributed by atoms with Crippen molar-refractivity contribution >= 4 is 5.97 Å². The molecule has 0 aliphatic heterocycles.